The molecule has 2 saturated heterocycles. The SMILES string of the molecule is CC(=C1CCCN(c2ccc(Cl)c(Cl)c2)C1)c1ccccc1N1CCN(C)CC1. The van der Waals surface area contributed by atoms with Gasteiger partial charge in [0.2, 0.25) is 0 Å². The smallest absolute Gasteiger partial charge is 0.0612 e. The van der Waals surface area contributed by atoms with Gasteiger partial charge in [-0.3, -0.25) is 0 Å². The average molecular weight is 430 g/mol. The van der Waals surface area contributed by atoms with Crippen molar-refractivity contribution in [1.82, 2.24) is 4.90 Å². The molecule has 0 unspecified atom stereocenters. The fourth-order valence-electron chi connectivity index (χ4n) is 4.38. The molecular weight excluding hydrogens is 401 g/mol. The first kappa shape index (κ1) is 20.6. The molecular formula is C24H29Cl2N3. The van der Waals surface area contributed by atoms with E-state index >= 15 is 0 Å². The van der Waals surface area contributed by atoms with Gasteiger partial charge in [0.15, 0.2) is 0 Å². The fraction of sp³-hybridized carbons (Fsp3) is 0.417. The van der Waals surface area contributed by atoms with Crippen LogP contribution in [0.2, 0.25) is 10.0 Å². The van der Waals surface area contributed by atoms with Crippen LogP contribution in [0, 0.1) is 0 Å². The van der Waals surface area contributed by atoms with Crippen LogP contribution in [-0.2, 0) is 0 Å². The van der Waals surface area contributed by atoms with E-state index < -0.39 is 0 Å². The Morgan fingerprint density at radius 1 is 0.862 bits per heavy atom. The Morgan fingerprint density at radius 3 is 2.38 bits per heavy atom. The molecule has 5 heteroatoms. The third kappa shape index (κ3) is 4.58. The van der Waals surface area contributed by atoms with E-state index in [0.29, 0.717) is 10.0 Å². The first-order chi connectivity index (χ1) is 14.0. The van der Waals surface area contributed by atoms with Crippen molar-refractivity contribution in [1.29, 1.82) is 0 Å². The van der Waals surface area contributed by atoms with Crippen LogP contribution in [0.5, 0.6) is 0 Å². The van der Waals surface area contributed by atoms with E-state index in [0.717, 1.165) is 57.8 Å². The van der Waals surface area contributed by atoms with E-state index in [9.17, 15) is 0 Å². The Balaban J connectivity index is 1.61. The average Bonchev–Trinajstić information content (AvgIpc) is 2.76. The summed E-state index contributed by atoms with van der Waals surface area (Å²) in [5.41, 5.74) is 6.84. The zero-order valence-electron chi connectivity index (χ0n) is 17.3. The molecule has 0 saturated carbocycles. The van der Waals surface area contributed by atoms with Gasteiger partial charge in [0.1, 0.15) is 0 Å². The predicted octanol–water partition coefficient (Wildman–Crippen LogP) is 5.82. The largest absolute Gasteiger partial charge is 0.368 e. The Kier molecular flexibility index (Phi) is 6.38. The van der Waals surface area contributed by atoms with Gasteiger partial charge in [-0.2, -0.15) is 0 Å². The molecule has 2 fully saturated rings. The van der Waals surface area contributed by atoms with Gasteiger partial charge in [-0.1, -0.05) is 41.4 Å². The van der Waals surface area contributed by atoms with E-state index in [1.54, 1.807) is 0 Å². The molecule has 2 heterocycles. The summed E-state index contributed by atoms with van der Waals surface area (Å²) in [4.78, 5) is 7.36. The Hall–Kier alpha value is -1.68. The normalized spacial score (nSPS) is 20.1. The maximum atomic E-state index is 6.27. The summed E-state index contributed by atoms with van der Waals surface area (Å²) in [5, 5.41) is 1.23. The van der Waals surface area contributed by atoms with Crippen molar-refractivity contribution in [3.05, 3.63) is 63.6 Å². The van der Waals surface area contributed by atoms with Crippen molar-refractivity contribution in [3.63, 3.8) is 0 Å². The highest BCUT2D eigenvalue weighted by Crippen LogP contribution is 2.35. The fourth-order valence-corrected chi connectivity index (χ4v) is 4.68. The number of para-hydroxylation sites is 1. The third-order valence-electron chi connectivity index (χ3n) is 6.24. The summed E-state index contributed by atoms with van der Waals surface area (Å²) in [5.74, 6) is 0. The van der Waals surface area contributed by atoms with Crippen molar-refractivity contribution < 1.29 is 0 Å². The van der Waals surface area contributed by atoms with Gasteiger partial charge in [-0.05, 0) is 62.2 Å². The highest BCUT2D eigenvalue weighted by atomic mass is 35.5. The number of benzene rings is 2. The molecule has 0 N–H and O–H groups in total. The Bertz CT molecular complexity index is 901. The van der Waals surface area contributed by atoms with E-state index in [1.807, 2.05) is 12.1 Å². The lowest BCUT2D eigenvalue weighted by Gasteiger charge is -2.36. The lowest BCUT2D eigenvalue weighted by atomic mass is 9.93. The second kappa shape index (κ2) is 8.99. The number of rotatable bonds is 3. The number of nitrogens with zero attached hydrogens (tertiary/aromatic N) is 3. The molecule has 2 aromatic rings. The van der Waals surface area contributed by atoms with Crippen LogP contribution >= 0.6 is 23.2 Å². The second-order valence-corrected chi connectivity index (χ2v) is 8.97. The first-order valence-corrected chi connectivity index (χ1v) is 11.2. The summed E-state index contributed by atoms with van der Waals surface area (Å²) in [6.45, 7) is 8.71. The number of hydrogen-bond donors (Lipinski definition) is 0. The monoisotopic (exact) mass is 429 g/mol. The van der Waals surface area contributed by atoms with Gasteiger partial charge in [0, 0.05) is 56.2 Å². The molecule has 2 aliphatic heterocycles. The number of piperazine rings is 1. The quantitative estimate of drug-likeness (QED) is 0.608. The summed E-state index contributed by atoms with van der Waals surface area (Å²) in [7, 11) is 2.20. The molecule has 2 aromatic carbocycles. The molecule has 0 aromatic heterocycles. The molecule has 4 rings (SSSR count). The molecule has 0 radical (unpaired) electrons. The van der Waals surface area contributed by atoms with E-state index in [-0.39, 0.29) is 0 Å². The van der Waals surface area contributed by atoms with Gasteiger partial charge in [0.25, 0.3) is 0 Å². The summed E-state index contributed by atoms with van der Waals surface area (Å²) in [6.07, 6.45) is 2.31. The maximum Gasteiger partial charge on any atom is 0.0612 e. The number of likely N-dealkylation sites (N-methyl/N-ethyl adjacent to an activating group) is 1. The number of halogens is 2. The lowest BCUT2D eigenvalue weighted by molar-refractivity contribution is 0.313. The van der Waals surface area contributed by atoms with Gasteiger partial charge in [-0.15, -0.1) is 0 Å². The molecule has 154 valence electrons. The topological polar surface area (TPSA) is 9.72 Å². The van der Waals surface area contributed by atoms with Crippen molar-refractivity contribution in [2.45, 2.75) is 19.8 Å². The van der Waals surface area contributed by atoms with Crippen molar-refractivity contribution in [3.8, 4) is 0 Å². The minimum Gasteiger partial charge on any atom is -0.368 e. The third-order valence-corrected chi connectivity index (χ3v) is 6.98. The van der Waals surface area contributed by atoms with Crippen LogP contribution in [0.4, 0.5) is 11.4 Å². The van der Waals surface area contributed by atoms with Crippen LogP contribution in [0.25, 0.3) is 5.57 Å². The zero-order valence-corrected chi connectivity index (χ0v) is 18.8. The van der Waals surface area contributed by atoms with E-state index in [4.69, 9.17) is 23.2 Å². The molecule has 0 amide bonds. The van der Waals surface area contributed by atoms with Crippen molar-refractivity contribution >= 4 is 40.1 Å². The number of piperidine rings is 1. The second-order valence-electron chi connectivity index (χ2n) is 8.16. The Labute approximate surface area is 184 Å². The number of hydrogen-bond acceptors (Lipinski definition) is 3. The molecule has 29 heavy (non-hydrogen) atoms. The Morgan fingerprint density at radius 2 is 1.62 bits per heavy atom. The summed E-state index contributed by atoms with van der Waals surface area (Å²) < 4.78 is 0. The first-order valence-electron chi connectivity index (χ1n) is 10.4. The van der Waals surface area contributed by atoms with Crippen molar-refractivity contribution in [2.24, 2.45) is 0 Å². The minimum absolute atomic E-state index is 0.612. The molecule has 2 aliphatic rings. The standard InChI is InChI=1S/C24H29Cl2N3/c1-18(21-7-3-4-8-24(21)28-14-12-27(2)13-15-28)19-6-5-11-29(17-19)20-9-10-22(25)23(26)16-20/h3-4,7-10,16H,5-6,11-15,17H2,1-2H3. The van der Waals surface area contributed by atoms with Crippen molar-refractivity contribution in [2.75, 3.05) is 56.1 Å². The van der Waals surface area contributed by atoms with Crippen LogP contribution in [0.1, 0.15) is 25.3 Å². The number of allylic oxidation sites excluding steroid dienone is 1. The number of anilines is 2. The molecule has 0 aliphatic carbocycles. The molecule has 0 bridgehead atoms. The zero-order chi connectivity index (χ0) is 20.4. The summed E-state index contributed by atoms with van der Waals surface area (Å²) >= 11 is 12.4. The van der Waals surface area contributed by atoms with Crippen LogP contribution in [-0.4, -0.2) is 51.2 Å². The van der Waals surface area contributed by atoms with Gasteiger partial charge < -0.3 is 14.7 Å². The summed E-state index contributed by atoms with van der Waals surface area (Å²) in [6, 6.07) is 14.9. The highest BCUT2D eigenvalue weighted by molar-refractivity contribution is 6.42. The van der Waals surface area contributed by atoms with E-state index in [1.165, 1.54) is 22.4 Å². The molecule has 0 atom stereocenters. The molecule has 3 nitrogen and oxygen atoms in total. The lowest BCUT2D eigenvalue weighted by Crippen LogP contribution is -2.44. The maximum absolute atomic E-state index is 6.27. The van der Waals surface area contributed by atoms with Crippen LogP contribution in [0.3, 0.4) is 0 Å². The van der Waals surface area contributed by atoms with Gasteiger partial charge in [0.05, 0.1) is 10.0 Å². The minimum atomic E-state index is 0.612. The highest BCUT2D eigenvalue weighted by Gasteiger charge is 2.21. The van der Waals surface area contributed by atoms with Gasteiger partial charge >= 0.3 is 0 Å². The van der Waals surface area contributed by atoms with Gasteiger partial charge in [-0.25, -0.2) is 0 Å². The van der Waals surface area contributed by atoms with Crippen LogP contribution < -0.4 is 9.80 Å². The van der Waals surface area contributed by atoms with E-state index in [2.05, 4.69) is 59.0 Å². The predicted molar refractivity (Wildman–Crippen MR) is 127 cm³/mol. The molecule has 0 spiro atoms. The van der Waals surface area contributed by atoms with Crippen LogP contribution in [0.15, 0.2) is 48.0 Å².